The second-order valence-corrected chi connectivity index (χ2v) is 6.59. The molecule has 1 unspecified atom stereocenters. The predicted octanol–water partition coefficient (Wildman–Crippen LogP) is 5.49. The molecule has 0 radical (unpaired) electrons. The van der Waals surface area contributed by atoms with Gasteiger partial charge in [-0.1, -0.05) is 30.9 Å². The van der Waals surface area contributed by atoms with Gasteiger partial charge in [-0.15, -0.1) is 0 Å². The van der Waals surface area contributed by atoms with E-state index in [1.165, 1.54) is 32.1 Å². The first-order valence-corrected chi connectivity index (χ1v) is 8.08. The minimum absolute atomic E-state index is 0.444. The first kappa shape index (κ1) is 15.0. The highest BCUT2D eigenvalue weighted by Crippen LogP contribution is 2.38. The van der Waals surface area contributed by atoms with Crippen molar-refractivity contribution in [3.8, 4) is 5.75 Å². The lowest BCUT2D eigenvalue weighted by Crippen LogP contribution is -2.27. The highest BCUT2D eigenvalue weighted by atomic mass is 79.9. The lowest BCUT2D eigenvalue weighted by atomic mass is 9.84. The van der Waals surface area contributed by atoms with Gasteiger partial charge in [0.1, 0.15) is 0 Å². The molecule has 1 aliphatic carbocycles. The third kappa shape index (κ3) is 3.79. The molecule has 0 spiro atoms. The molecule has 1 atom stereocenters. The smallest absolute Gasteiger partial charge is 0.156 e. The van der Waals surface area contributed by atoms with E-state index in [1.54, 1.807) is 7.11 Å². The Labute approximate surface area is 129 Å². The fraction of sp³-hybridized carbons (Fsp3) is 0.600. The first-order valence-electron chi connectivity index (χ1n) is 6.91. The Morgan fingerprint density at radius 3 is 2.63 bits per heavy atom. The average Bonchev–Trinajstić information content (AvgIpc) is 2.39. The van der Waals surface area contributed by atoms with Crippen LogP contribution in [0.25, 0.3) is 0 Å². The monoisotopic (exact) mass is 345 g/mol. The third-order valence-corrected chi connectivity index (χ3v) is 4.76. The van der Waals surface area contributed by atoms with Crippen LogP contribution in [0.1, 0.15) is 39.0 Å². The van der Waals surface area contributed by atoms with E-state index in [9.17, 15) is 0 Å². The first-order chi connectivity index (χ1) is 9.11. The highest BCUT2D eigenvalue weighted by Gasteiger charge is 2.21. The summed E-state index contributed by atoms with van der Waals surface area (Å²) >= 11 is 9.62. The van der Waals surface area contributed by atoms with E-state index < -0.39 is 0 Å². The van der Waals surface area contributed by atoms with Crippen molar-refractivity contribution in [3.05, 3.63) is 21.6 Å². The Bertz CT molecular complexity index is 432. The van der Waals surface area contributed by atoms with E-state index in [4.69, 9.17) is 16.3 Å². The van der Waals surface area contributed by atoms with Crippen molar-refractivity contribution in [3.63, 3.8) is 0 Å². The van der Waals surface area contributed by atoms with Crippen molar-refractivity contribution in [1.82, 2.24) is 0 Å². The summed E-state index contributed by atoms with van der Waals surface area (Å²) in [6.45, 7) is 2.25. The van der Waals surface area contributed by atoms with Gasteiger partial charge >= 0.3 is 0 Å². The molecule has 2 nitrogen and oxygen atoms in total. The molecule has 4 heteroatoms. The highest BCUT2D eigenvalue weighted by molar-refractivity contribution is 9.10. The summed E-state index contributed by atoms with van der Waals surface area (Å²) < 4.78 is 6.34. The van der Waals surface area contributed by atoms with E-state index in [2.05, 4.69) is 28.2 Å². The van der Waals surface area contributed by atoms with Gasteiger partial charge in [-0.3, -0.25) is 0 Å². The molecule has 19 heavy (non-hydrogen) atoms. The summed E-state index contributed by atoms with van der Waals surface area (Å²) in [4.78, 5) is 0. The van der Waals surface area contributed by atoms with Gasteiger partial charge in [0.05, 0.1) is 17.3 Å². The minimum Gasteiger partial charge on any atom is -0.493 e. The van der Waals surface area contributed by atoms with Gasteiger partial charge in [0.15, 0.2) is 5.75 Å². The zero-order valence-corrected chi connectivity index (χ0v) is 13.9. The molecule has 1 saturated carbocycles. The molecular weight excluding hydrogens is 326 g/mol. The van der Waals surface area contributed by atoms with Gasteiger partial charge in [0.25, 0.3) is 0 Å². The number of rotatable bonds is 4. The van der Waals surface area contributed by atoms with Crippen LogP contribution in [0.15, 0.2) is 16.6 Å². The van der Waals surface area contributed by atoms with Crippen molar-refractivity contribution in [2.24, 2.45) is 5.92 Å². The van der Waals surface area contributed by atoms with E-state index in [1.807, 2.05) is 12.1 Å². The molecule has 0 heterocycles. The number of benzene rings is 1. The van der Waals surface area contributed by atoms with Gasteiger partial charge in [0, 0.05) is 11.1 Å². The molecule has 1 aromatic carbocycles. The van der Waals surface area contributed by atoms with Crippen molar-refractivity contribution < 1.29 is 4.74 Å². The molecule has 1 fully saturated rings. The number of anilines is 1. The van der Waals surface area contributed by atoms with Crippen LogP contribution < -0.4 is 10.1 Å². The molecule has 0 aliphatic heterocycles. The number of hydrogen-bond acceptors (Lipinski definition) is 2. The molecule has 0 saturated heterocycles. The fourth-order valence-corrected chi connectivity index (χ4v) is 3.84. The number of hydrogen-bond donors (Lipinski definition) is 1. The zero-order chi connectivity index (χ0) is 13.8. The van der Waals surface area contributed by atoms with E-state index in [0.717, 1.165) is 21.8 Å². The van der Waals surface area contributed by atoms with Crippen LogP contribution in [0, 0.1) is 5.92 Å². The van der Waals surface area contributed by atoms with Crippen molar-refractivity contribution >= 4 is 33.2 Å². The van der Waals surface area contributed by atoms with Gasteiger partial charge in [-0.05, 0) is 53.7 Å². The van der Waals surface area contributed by atoms with Crippen LogP contribution in [0.4, 0.5) is 5.69 Å². The predicted molar refractivity (Wildman–Crippen MR) is 85.4 cm³/mol. The van der Waals surface area contributed by atoms with Crippen molar-refractivity contribution in [1.29, 1.82) is 0 Å². The Balaban J connectivity index is 2.13. The van der Waals surface area contributed by atoms with E-state index >= 15 is 0 Å². The number of halogens is 2. The topological polar surface area (TPSA) is 21.3 Å². The summed E-state index contributed by atoms with van der Waals surface area (Å²) in [7, 11) is 1.68. The Morgan fingerprint density at radius 2 is 2.00 bits per heavy atom. The molecule has 0 aromatic heterocycles. The van der Waals surface area contributed by atoms with Gasteiger partial charge in [0.2, 0.25) is 0 Å². The molecule has 1 aromatic rings. The Kier molecular flexibility index (Phi) is 5.40. The van der Waals surface area contributed by atoms with Gasteiger partial charge in [-0.2, -0.15) is 0 Å². The SMILES string of the molecule is COc1c(Br)cc(Cl)cc1NC(C)C1CCCCC1. The van der Waals surface area contributed by atoms with Crippen molar-refractivity contribution in [2.75, 3.05) is 12.4 Å². The van der Waals surface area contributed by atoms with Crippen LogP contribution in [-0.2, 0) is 0 Å². The van der Waals surface area contributed by atoms with E-state index in [-0.39, 0.29) is 0 Å². The summed E-state index contributed by atoms with van der Waals surface area (Å²) in [6, 6.07) is 4.24. The molecule has 0 bridgehead atoms. The second-order valence-electron chi connectivity index (χ2n) is 5.30. The molecule has 2 rings (SSSR count). The lowest BCUT2D eigenvalue weighted by molar-refractivity contribution is 0.327. The Hall–Kier alpha value is -0.410. The number of ether oxygens (including phenoxy) is 1. The van der Waals surface area contributed by atoms with Crippen LogP contribution in [0.3, 0.4) is 0 Å². The molecular formula is C15H21BrClNO. The fourth-order valence-electron chi connectivity index (χ4n) is 2.87. The standard InChI is InChI=1S/C15H21BrClNO/c1-10(11-6-4-3-5-7-11)18-14-9-12(17)8-13(16)15(14)19-2/h8-11,18H,3-7H2,1-2H3. The van der Waals surface area contributed by atoms with Gasteiger partial charge < -0.3 is 10.1 Å². The maximum Gasteiger partial charge on any atom is 0.156 e. The summed E-state index contributed by atoms with van der Waals surface area (Å²) in [5.41, 5.74) is 0.972. The number of nitrogens with one attached hydrogen (secondary N) is 1. The summed E-state index contributed by atoms with van der Waals surface area (Å²) in [5.74, 6) is 1.57. The van der Waals surface area contributed by atoms with Crippen LogP contribution >= 0.6 is 27.5 Å². The number of methoxy groups -OCH3 is 1. The van der Waals surface area contributed by atoms with Crippen LogP contribution in [-0.4, -0.2) is 13.2 Å². The average molecular weight is 347 g/mol. The van der Waals surface area contributed by atoms with Crippen LogP contribution in [0.5, 0.6) is 5.75 Å². The van der Waals surface area contributed by atoms with Crippen LogP contribution in [0.2, 0.25) is 5.02 Å². The molecule has 0 amide bonds. The molecule has 1 aliphatic rings. The summed E-state index contributed by atoms with van der Waals surface area (Å²) in [6.07, 6.45) is 6.73. The minimum atomic E-state index is 0.444. The maximum absolute atomic E-state index is 6.12. The van der Waals surface area contributed by atoms with E-state index in [0.29, 0.717) is 11.1 Å². The molecule has 1 N–H and O–H groups in total. The quantitative estimate of drug-likeness (QED) is 0.778. The lowest BCUT2D eigenvalue weighted by Gasteiger charge is -2.29. The maximum atomic E-state index is 6.12. The summed E-state index contributed by atoms with van der Waals surface area (Å²) in [5, 5.41) is 4.29. The normalized spacial score (nSPS) is 18.1. The van der Waals surface area contributed by atoms with Crippen molar-refractivity contribution in [2.45, 2.75) is 45.1 Å². The largest absolute Gasteiger partial charge is 0.493 e. The second kappa shape index (κ2) is 6.85. The zero-order valence-electron chi connectivity index (χ0n) is 11.5. The molecule has 106 valence electrons. The third-order valence-electron chi connectivity index (χ3n) is 3.95. The Morgan fingerprint density at radius 1 is 1.32 bits per heavy atom. The van der Waals surface area contributed by atoms with Gasteiger partial charge in [-0.25, -0.2) is 0 Å².